The number of nitrogen functional groups attached to an aromatic ring is 1. The van der Waals surface area contributed by atoms with E-state index in [9.17, 15) is 23.2 Å². The lowest BCUT2D eigenvalue weighted by Crippen LogP contribution is -2.31. The molecule has 0 saturated carbocycles. The zero-order chi connectivity index (χ0) is 24.3. The molecular weight excluding hydrogens is 416 g/mol. The molecule has 2 rings (SSSR count). The maximum absolute atomic E-state index is 14.0. The number of nitrogens with zero attached hydrogens (tertiary/aromatic N) is 2. The highest BCUT2D eigenvalue weighted by atomic mass is 19.1. The van der Waals surface area contributed by atoms with Gasteiger partial charge in [-0.3, -0.25) is 14.2 Å². The summed E-state index contributed by atoms with van der Waals surface area (Å²) in [7, 11) is 1.39. The number of halogens is 2. The average molecular weight is 447 g/mol. The molecule has 0 aliphatic carbocycles. The van der Waals surface area contributed by atoms with Gasteiger partial charge >= 0.3 is 17.6 Å². The van der Waals surface area contributed by atoms with Crippen molar-refractivity contribution in [3.8, 4) is 0 Å². The molecular formula is C20H31F2N3O6. The number of carbonyl (C=O) groups excluding carboxylic acids is 2. The first-order valence-corrected chi connectivity index (χ1v) is 9.56. The van der Waals surface area contributed by atoms with Crippen molar-refractivity contribution in [1.82, 2.24) is 9.55 Å². The summed E-state index contributed by atoms with van der Waals surface area (Å²) in [6.45, 7) is 12.8. The third kappa shape index (κ3) is 8.83. The average Bonchev–Trinajstić information content (AvgIpc) is 3.10. The molecule has 1 saturated heterocycles. The van der Waals surface area contributed by atoms with Gasteiger partial charge in [0.1, 0.15) is 12.8 Å². The van der Waals surface area contributed by atoms with E-state index in [4.69, 9.17) is 15.2 Å². The van der Waals surface area contributed by atoms with Crippen LogP contribution >= 0.6 is 0 Å². The summed E-state index contributed by atoms with van der Waals surface area (Å²) >= 11 is 0. The Bertz CT molecular complexity index is 785. The van der Waals surface area contributed by atoms with Gasteiger partial charge in [0.2, 0.25) is 0 Å². The molecule has 1 aromatic rings. The molecule has 11 heteroatoms. The van der Waals surface area contributed by atoms with Gasteiger partial charge in [-0.1, -0.05) is 27.7 Å². The molecule has 3 unspecified atom stereocenters. The Labute approximate surface area is 180 Å². The summed E-state index contributed by atoms with van der Waals surface area (Å²) in [4.78, 5) is 36.6. The van der Waals surface area contributed by atoms with Crippen LogP contribution in [0.3, 0.4) is 0 Å². The highest BCUT2D eigenvalue weighted by Crippen LogP contribution is 2.30. The van der Waals surface area contributed by atoms with Gasteiger partial charge in [-0.25, -0.2) is 13.6 Å². The smallest absolute Gasteiger partial charge is 0.351 e. The van der Waals surface area contributed by atoms with Crippen molar-refractivity contribution in [2.75, 3.05) is 19.5 Å². The Morgan fingerprint density at radius 1 is 1.29 bits per heavy atom. The third-order valence-electron chi connectivity index (χ3n) is 3.89. The second-order valence-electron chi connectivity index (χ2n) is 7.03. The van der Waals surface area contributed by atoms with Crippen LogP contribution in [-0.4, -0.2) is 47.5 Å². The number of carbonyl (C=O) groups is 2. The van der Waals surface area contributed by atoms with Gasteiger partial charge in [0.15, 0.2) is 17.9 Å². The zero-order valence-electron chi connectivity index (χ0n) is 18.5. The summed E-state index contributed by atoms with van der Waals surface area (Å²) < 4.78 is 42.8. The molecule has 9 nitrogen and oxygen atoms in total. The standard InChI is InChI=1S/C13H17F2N3O4.C5H10O2.C2H4/c1-6(2)12(19)21-5-7-3-8(14)11(22-7)18-4-9(15)10(16)17-13(18)20;1-4(2)5(6)7-3;1-2/h4,6-8,11H,3,5H2,1-2H3,(H2,16,17,20);4H,1-3H3;1-2H2. The number of alkyl halides is 1. The van der Waals surface area contributed by atoms with E-state index >= 15 is 0 Å². The fourth-order valence-electron chi connectivity index (χ4n) is 2.27. The minimum atomic E-state index is -1.55. The highest BCUT2D eigenvalue weighted by Gasteiger charge is 2.38. The zero-order valence-corrected chi connectivity index (χ0v) is 18.5. The Balaban J connectivity index is 0.000000852. The minimum absolute atomic E-state index is 0.00463. The summed E-state index contributed by atoms with van der Waals surface area (Å²) in [6.07, 6.45) is -2.91. The lowest BCUT2D eigenvalue weighted by molar-refractivity contribution is -0.152. The highest BCUT2D eigenvalue weighted by molar-refractivity contribution is 5.71. The number of hydrogen-bond donors (Lipinski definition) is 1. The molecule has 176 valence electrons. The molecule has 3 atom stereocenters. The van der Waals surface area contributed by atoms with Crippen molar-refractivity contribution in [3.63, 3.8) is 0 Å². The van der Waals surface area contributed by atoms with Crippen molar-refractivity contribution in [2.45, 2.75) is 52.6 Å². The minimum Gasteiger partial charge on any atom is -0.469 e. The van der Waals surface area contributed by atoms with Gasteiger partial charge in [-0.15, -0.1) is 13.2 Å². The van der Waals surface area contributed by atoms with Crippen LogP contribution in [0.5, 0.6) is 0 Å². The van der Waals surface area contributed by atoms with Gasteiger partial charge in [-0.2, -0.15) is 4.98 Å². The van der Waals surface area contributed by atoms with Gasteiger partial charge < -0.3 is 19.9 Å². The van der Waals surface area contributed by atoms with E-state index in [0.29, 0.717) is 4.57 Å². The van der Waals surface area contributed by atoms with Crippen LogP contribution in [0.4, 0.5) is 14.6 Å². The molecule has 2 N–H and O–H groups in total. The number of nitrogens with two attached hydrogens (primary N) is 1. The van der Waals surface area contributed by atoms with E-state index in [1.165, 1.54) is 7.11 Å². The van der Waals surface area contributed by atoms with Crippen molar-refractivity contribution < 1.29 is 32.6 Å². The predicted octanol–water partition coefficient (Wildman–Crippen LogP) is 2.41. The number of aromatic nitrogens is 2. The first kappa shape index (κ1) is 28.2. The van der Waals surface area contributed by atoms with Crippen molar-refractivity contribution in [2.24, 2.45) is 11.8 Å². The van der Waals surface area contributed by atoms with Crippen LogP contribution in [0.25, 0.3) is 0 Å². The molecule has 0 aromatic carbocycles. The van der Waals surface area contributed by atoms with E-state index in [2.05, 4.69) is 22.9 Å². The maximum Gasteiger partial charge on any atom is 0.351 e. The summed E-state index contributed by atoms with van der Waals surface area (Å²) in [5.74, 6) is -2.39. The van der Waals surface area contributed by atoms with E-state index in [1.54, 1.807) is 27.7 Å². The van der Waals surface area contributed by atoms with Crippen molar-refractivity contribution in [1.29, 1.82) is 0 Å². The number of hydrogen-bond acceptors (Lipinski definition) is 8. The Morgan fingerprint density at radius 2 is 1.84 bits per heavy atom. The lowest BCUT2D eigenvalue weighted by atomic mass is 10.2. The summed E-state index contributed by atoms with van der Waals surface area (Å²) in [5.41, 5.74) is 4.26. The number of esters is 2. The molecule has 0 spiro atoms. The van der Waals surface area contributed by atoms with Crippen LogP contribution in [0.15, 0.2) is 24.1 Å². The van der Waals surface area contributed by atoms with Crippen LogP contribution in [0.2, 0.25) is 0 Å². The largest absolute Gasteiger partial charge is 0.469 e. The van der Waals surface area contributed by atoms with E-state index < -0.39 is 41.8 Å². The lowest BCUT2D eigenvalue weighted by Gasteiger charge is -2.17. The first-order chi connectivity index (χ1) is 14.5. The Kier molecular flexibility index (Phi) is 12.3. The molecule has 1 aliphatic heterocycles. The molecule has 31 heavy (non-hydrogen) atoms. The first-order valence-electron chi connectivity index (χ1n) is 9.56. The van der Waals surface area contributed by atoms with Crippen molar-refractivity contribution in [3.05, 3.63) is 35.7 Å². The normalized spacial score (nSPS) is 19.7. The molecule has 0 bridgehead atoms. The quantitative estimate of drug-likeness (QED) is 0.539. The molecule has 0 amide bonds. The molecule has 2 heterocycles. The monoisotopic (exact) mass is 447 g/mol. The van der Waals surface area contributed by atoms with E-state index in [-0.39, 0.29) is 30.8 Å². The number of ether oxygens (including phenoxy) is 3. The van der Waals surface area contributed by atoms with Crippen LogP contribution in [0.1, 0.15) is 40.3 Å². The van der Waals surface area contributed by atoms with Gasteiger partial charge in [-0.05, 0) is 0 Å². The number of methoxy groups -OCH3 is 1. The Morgan fingerprint density at radius 3 is 2.29 bits per heavy atom. The van der Waals surface area contributed by atoms with E-state index in [1.807, 2.05) is 0 Å². The van der Waals surface area contributed by atoms with Crippen LogP contribution in [-0.2, 0) is 23.8 Å². The van der Waals surface area contributed by atoms with Gasteiger partial charge in [0.05, 0.1) is 31.2 Å². The van der Waals surface area contributed by atoms with Gasteiger partial charge in [0, 0.05) is 6.42 Å². The molecule has 1 fully saturated rings. The second-order valence-corrected chi connectivity index (χ2v) is 7.03. The number of rotatable bonds is 5. The van der Waals surface area contributed by atoms with Crippen LogP contribution in [0, 0.1) is 17.7 Å². The topological polar surface area (TPSA) is 123 Å². The summed E-state index contributed by atoms with van der Waals surface area (Å²) in [6, 6.07) is 0. The maximum atomic E-state index is 14.0. The molecule has 1 aliphatic rings. The van der Waals surface area contributed by atoms with Gasteiger partial charge in [0.25, 0.3) is 0 Å². The Hall–Kier alpha value is -2.82. The predicted molar refractivity (Wildman–Crippen MR) is 110 cm³/mol. The molecule has 0 radical (unpaired) electrons. The fraction of sp³-hybridized carbons (Fsp3) is 0.600. The fourth-order valence-corrected chi connectivity index (χ4v) is 2.27. The van der Waals surface area contributed by atoms with Crippen LogP contribution < -0.4 is 11.4 Å². The van der Waals surface area contributed by atoms with E-state index in [0.717, 1.165) is 6.20 Å². The molecule has 1 aromatic heterocycles. The van der Waals surface area contributed by atoms with Crippen molar-refractivity contribution >= 4 is 17.8 Å². The second kappa shape index (κ2) is 13.5. The number of anilines is 1. The summed E-state index contributed by atoms with van der Waals surface area (Å²) in [5, 5.41) is 0. The third-order valence-corrected chi connectivity index (χ3v) is 3.89. The SMILES string of the molecule is C=C.CC(C)C(=O)OCC1CC(F)C(n2cc(F)c(N)nc2=O)O1.COC(=O)C(C)C.